The van der Waals surface area contributed by atoms with Crippen molar-refractivity contribution in [3.63, 3.8) is 0 Å². The first kappa shape index (κ1) is 21.7. The van der Waals surface area contributed by atoms with Crippen molar-refractivity contribution >= 4 is 17.5 Å². The quantitative estimate of drug-likeness (QED) is 0.452. The molecule has 0 unspecified atom stereocenters. The summed E-state index contributed by atoms with van der Waals surface area (Å²) in [5.41, 5.74) is 6.77. The molecule has 176 valence electrons. The van der Waals surface area contributed by atoms with E-state index < -0.39 is 0 Å². The Kier molecular flexibility index (Phi) is 5.81. The second-order valence-corrected chi connectivity index (χ2v) is 10.8. The number of fused-ring (bicyclic) bond motifs is 1. The van der Waals surface area contributed by atoms with E-state index in [0.717, 1.165) is 40.7 Å². The molecule has 0 saturated heterocycles. The van der Waals surface area contributed by atoms with Gasteiger partial charge in [0, 0.05) is 11.5 Å². The number of carbonyl (C=O) groups is 1. The van der Waals surface area contributed by atoms with Crippen molar-refractivity contribution < 1.29 is 9.53 Å². The highest BCUT2D eigenvalue weighted by molar-refractivity contribution is 8.00. The number of hydrogen-bond donors (Lipinski definition) is 1. The van der Waals surface area contributed by atoms with Crippen molar-refractivity contribution in [2.75, 3.05) is 12.5 Å². The summed E-state index contributed by atoms with van der Waals surface area (Å²) in [7, 11) is 1.67. The molecule has 2 aromatic carbocycles. The highest BCUT2D eigenvalue weighted by Gasteiger charge is 2.40. The molecule has 3 aromatic rings. The zero-order valence-electron chi connectivity index (χ0n) is 19.4. The fourth-order valence-electron chi connectivity index (χ4n) is 5.26. The predicted molar refractivity (Wildman–Crippen MR) is 133 cm³/mol. The Labute approximate surface area is 204 Å². The number of rotatable bonds is 6. The lowest BCUT2D eigenvalue weighted by Crippen LogP contribution is -2.39. The van der Waals surface area contributed by atoms with Crippen LogP contribution < -0.4 is 10.2 Å². The molecule has 34 heavy (non-hydrogen) atoms. The van der Waals surface area contributed by atoms with E-state index in [1.165, 1.54) is 49.4 Å². The van der Waals surface area contributed by atoms with Crippen molar-refractivity contribution in [3.05, 3.63) is 71.0 Å². The van der Waals surface area contributed by atoms with Crippen LogP contribution in [0.5, 0.6) is 5.75 Å². The number of nitrogens with one attached hydrogen (secondary N) is 1. The van der Waals surface area contributed by atoms with Gasteiger partial charge in [0.1, 0.15) is 11.0 Å². The maximum absolute atomic E-state index is 13.8. The Morgan fingerprint density at radius 3 is 2.29 bits per heavy atom. The lowest BCUT2D eigenvalue weighted by molar-refractivity contribution is 0.0980. The molecule has 2 saturated carbocycles. The van der Waals surface area contributed by atoms with Gasteiger partial charge in [-0.05, 0) is 54.9 Å². The van der Waals surface area contributed by atoms with Gasteiger partial charge >= 0.3 is 0 Å². The zero-order chi connectivity index (χ0) is 23.1. The molecule has 1 aliphatic heterocycles. The van der Waals surface area contributed by atoms with Gasteiger partial charge in [0.2, 0.25) is 5.16 Å². The van der Waals surface area contributed by atoms with E-state index in [1.54, 1.807) is 7.11 Å². The van der Waals surface area contributed by atoms with Gasteiger partial charge < -0.3 is 10.2 Å². The van der Waals surface area contributed by atoms with Crippen LogP contribution in [0.1, 0.15) is 90.1 Å². The highest BCUT2D eigenvalue weighted by Crippen LogP contribution is 2.44. The number of nitrogens with zero attached hydrogens (tertiary/aromatic N) is 3. The maximum atomic E-state index is 13.8. The summed E-state index contributed by atoms with van der Waals surface area (Å²) < 4.78 is 7.35. The van der Waals surface area contributed by atoms with Crippen LogP contribution in [0.15, 0.2) is 53.7 Å². The molecule has 6 rings (SSSR count). The number of ketones is 1. The average molecular weight is 475 g/mol. The van der Waals surface area contributed by atoms with Crippen LogP contribution in [0.2, 0.25) is 0 Å². The second kappa shape index (κ2) is 9.10. The van der Waals surface area contributed by atoms with Crippen molar-refractivity contribution in [2.24, 2.45) is 0 Å². The molecule has 3 aliphatic rings. The Morgan fingerprint density at radius 2 is 1.62 bits per heavy atom. The van der Waals surface area contributed by atoms with E-state index in [2.05, 4.69) is 27.8 Å². The number of carbonyl (C=O) groups excluding carboxylic acids is 1. The summed E-state index contributed by atoms with van der Waals surface area (Å²) >= 11 is 1.52. The molecule has 0 spiro atoms. The summed E-state index contributed by atoms with van der Waals surface area (Å²) in [6.07, 6.45) is 8.77. The normalized spacial score (nSPS) is 22.6. The van der Waals surface area contributed by atoms with E-state index in [1.807, 2.05) is 41.1 Å². The van der Waals surface area contributed by atoms with Crippen molar-refractivity contribution in [1.82, 2.24) is 14.9 Å². The Hall–Kier alpha value is -2.80. The summed E-state index contributed by atoms with van der Waals surface area (Å²) in [6.45, 7) is 0. The van der Waals surface area contributed by atoms with E-state index in [0.29, 0.717) is 11.8 Å². The van der Waals surface area contributed by atoms with Gasteiger partial charge in [0.05, 0.1) is 13.2 Å². The fourth-order valence-corrected chi connectivity index (χ4v) is 6.42. The van der Waals surface area contributed by atoms with Crippen LogP contribution in [-0.2, 0) is 0 Å². The molecule has 0 radical (unpaired) electrons. The number of thioether (sulfide) groups is 1. The van der Waals surface area contributed by atoms with Gasteiger partial charge in [0.25, 0.3) is 0 Å². The summed E-state index contributed by atoms with van der Waals surface area (Å²) in [5, 5.41) is 9.29. The van der Waals surface area contributed by atoms with Crippen LogP contribution in [-0.4, -0.2) is 33.0 Å². The molecule has 0 amide bonds. The van der Waals surface area contributed by atoms with Gasteiger partial charge in [0.15, 0.2) is 11.6 Å². The number of aromatic nitrogens is 3. The number of ether oxygens (including phenoxy) is 1. The number of benzene rings is 2. The summed E-state index contributed by atoms with van der Waals surface area (Å²) in [6, 6.07) is 16.2. The number of hydrogen-bond acceptors (Lipinski definition) is 6. The first-order valence-electron chi connectivity index (χ1n) is 12.4. The molecule has 1 aromatic heterocycles. The van der Waals surface area contributed by atoms with Crippen molar-refractivity contribution in [3.8, 4) is 5.75 Å². The molecular formula is C27H30N4O2S. The Bertz CT molecular complexity index is 1160. The molecule has 1 N–H and O–H groups in total. The molecule has 6 nitrogen and oxygen atoms in total. The first-order chi connectivity index (χ1) is 16.7. The van der Waals surface area contributed by atoms with Gasteiger partial charge in [-0.1, -0.05) is 67.4 Å². The topological polar surface area (TPSA) is 69.0 Å². The minimum Gasteiger partial charge on any atom is -0.497 e. The highest BCUT2D eigenvalue weighted by atomic mass is 32.2. The van der Waals surface area contributed by atoms with Crippen LogP contribution in [0, 0.1) is 0 Å². The van der Waals surface area contributed by atoms with Gasteiger partial charge in [-0.25, -0.2) is 4.68 Å². The third kappa shape index (κ3) is 4.11. The van der Waals surface area contributed by atoms with E-state index in [4.69, 9.17) is 4.74 Å². The second-order valence-electron chi connectivity index (χ2n) is 9.69. The zero-order valence-corrected chi connectivity index (χ0v) is 20.3. The largest absolute Gasteiger partial charge is 0.497 e. The molecular weight excluding hydrogens is 444 g/mol. The van der Waals surface area contributed by atoms with Crippen LogP contribution in [0.25, 0.3) is 0 Å². The minimum atomic E-state index is -0.335. The van der Waals surface area contributed by atoms with Gasteiger partial charge in [-0.2, -0.15) is 0 Å². The van der Waals surface area contributed by atoms with Crippen molar-refractivity contribution in [2.45, 2.75) is 73.2 Å². The molecule has 7 heteroatoms. The van der Waals surface area contributed by atoms with E-state index in [9.17, 15) is 4.79 Å². The molecule has 2 fully saturated rings. The number of methoxy groups -OCH3 is 1. The summed E-state index contributed by atoms with van der Waals surface area (Å²) in [4.78, 5) is 13.8. The third-order valence-corrected chi connectivity index (χ3v) is 8.62. The molecule has 2 aliphatic carbocycles. The van der Waals surface area contributed by atoms with E-state index >= 15 is 0 Å². The minimum absolute atomic E-state index is 0.121. The SMILES string of the molecule is COc1ccc([C@H]2Nn3c(nnc3C3CC3)S[C@H]2C(=O)c2ccc(C3CCCCC3)cc2)cc1. The lowest BCUT2D eigenvalue weighted by Gasteiger charge is -2.33. The van der Waals surface area contributed by atoms with Gasteiger partial charge in [-0.3, -0.25) is 4.79 Å². The lowest BCUT2D eigenvalue weighted by atomic mass is 9.83. The van der Waals surface area contributed by atoms with Gasteiger partial charge in [-0.15, -0.1) is 10.2 Å². The fraction of sp³-hybridized carbons (Fsp3) is 0.444. The van der Waals surface area contributed by atoms with Crippen LogP contribution in [0.3, 0.4) is 0 Å². The van der Waals surface area contributed by atoms with Crippen molar-refractivity contribution in [1.29, 1.82) is 0 Å². The smallest absolute Gasteiger partial charge is 0.210 e. The van der Waals surface area contributed by atoms with Crippen LogP contribution >= 0.6 is 11.8 Å². The van der Waals surface area contributed by atoms with E-state index in [-0.39, 0.29) is 17.1 Å². The monoisotopic (exact) mass is 474 g/mol. The van der Waals surface area contributed by atoms with Crippen LogP contribution in [0.4, 0.5) is 0 Å². The number of Topliss-reactive ketones (excluding diaryl/α,β-unsaturated/α-hetero) is 1. The molecule has 0 bridgehead atoms. The molecule has 2 atom stereocenters. The summed E-state index contributed by atoms with van der Waals surface area (Å²) in [5.74, 6) is 3.00. The maximum Gasteiger partial charge on any atom is 0.210 e. The third-order valence-electron chi connectivity index (χ3n) is 7.41. The average Bonchev–Trinajstić information content (AvgIpc) is 3.67. The first-order valence-corrected chi connectivity index (χ1v) is 13.3. The Balaban J connectivity index is 1.30. The Morgan fingerprint density at radius 1 is 0.912 bits per heavy atom. The standard InChI is InChI=1S/C27H30N4O2S/c1-33-22-15-13-19(14-16-22)23-25(34-27-29-28-26(21-11-12-21)31(27)30-23)24(32)20-9-7-18(8-10-20)17-5-3-2-4-6-17/h7-10,13-17,21,23,25,30H,2-6,11-12H2,1H3/t23-,25-/m1/s1. The predicted octanol–water partition coefficient (Wildman–Crippen LogP) is 5.85. The molecule has 2 heterocycles.